The van der Waals surface area contributed by atoms with Gasteiger partial charge in [0.15, 0.2) is 0 Å². The highest BCUT2D eigenvalue weighted by Gasteiger charge is 1.93. The summed E-state index contributed by atoms with van der Waals surface area (Å²) >= 11 is 0. The number of rotatable bonds is 14. The van der Waals surface area contributed by atoms with E-state index in [2.05, 4.69) is 13.8 Å². The first-order chi connectivity index (χ1) is 10.5. The third-order valence-electron chi connectivity index (χ3n) is 3.76. The Morgan fingerprint density at radius 2 is 0.773 bits per heavy atom. The quantitative estimate of drug-likeness (QED) is 0.336. The summed E-state index contributed by atoms with van der Waals surface area (Å²) < 4.78 is 0. The van der Waals surface area contributed by atoms with E-state index >= 15 is 0 Å². The minimum Gasteiger partial charge on any atom is -0.300 e. The summed E-state index contributed by atoms with van der Waals surface area (Å²) in [6.45, 7) is 7.78. The van der Waals surface area contributed by atoms with E-state index in [1.165, 1.54) is 64.2 Å². The normalized spacial score (nSPS) is 10.0. The molecule has 0 fully saturated rings. The SMILES string of the molecule is CCCCCCCCC(C)=O.CCCCCCCCC(C)=O. The predicted molar refractivity (Wildman–Crippen MR) is 97.3 cm³/mol. The standard InChI is InChI=1S/2C10H20O/c2*1-3-4-5-6-7-8-9-10(2)11/h2*3-9H2,1-2H3. The molecule has 132 valence electrons. The second-order valence-corrected chi connectivity index (χ2v) is 6.44. The molecule has 0 aliphatic heterocycles. The van der Waals surface area contributed by atoms with Gasteiger partial charge in [0.25, 0.3) is 0 Å². The van der Waals surface area contributed by atoms with E-state index in [0.29, 0.717) is 11.6 Å². The molecule has 2 heteroatoms. The fourth-order valence-corrected chi connectivity index (χ4v) is 2.31. The lowest BCUT2D eigenvalue weighted by molar-refractivity contribution is -0.117. The predicted octanol–water partition coefficient (Wildman–Crippen LogP) is 6.65. The molecule has 0 amide bonds. The van der Waals surface area contributed by atoms with E-state index in [1.807, 2.05) is 0 Å². The van der Waals surface area contributed by atoms with Gasteiger partial charge in [-0.15, -0.1) is 0 Å². The number of unbranched alkanes of at least 4 members (excludes halogenated alkanes) is 10. The molecule has 0 aromatic heterocycles. The van der Waals surface area contributed by atoms with Crippen LogP contribution in [-0.2, 0) is 9.59 Å². The Kier molecular flexibility index (Phi) is 21.8. The Morgan fingerprint density at radius 3 is 1.05 bits per heavy atom. The minimum atomic E-state index is 0.334. The fourth-order valence-electron chi connectivity index (χ4n) is 2.31. The topological polar surface area (TPSA) is 34.1 Å². The van der Waals surface area contributed by atoms with Crippen molar-refractivity contribution in [1.29, 1.82) is 0 Å². The van der Waals surface area contributed by atoms with Crippen LogP contribution in [0.25, 0.3) is 0 Å². The highest BCUT2D eigenvalue weighted by molar-refractivity contribution is 5.75. The summed E-state index contributed by atoms with van der Waals surface area (Å²) in [5, 5.41) is 0. The third-order valence-corrected chi connectivity index (χ3v) is 3.76. The lowest BCUT2D eigenvalue weighted by atomic mass is 10.1. The van der Waals surface area contributed by atoms with Crippen molar-refractivity contribution in [2.75, 3.05) is 0 Å². The smallest absolute Gasteiger partial charge is 0.129 e. The van der Waals surface area contributed by atoms with Crippen molar-refractivity contribution in [2.24, 2.45) is 0 Å². The molecule has 0 radical (unpaired) electrons. The molecule has 2 nitrogen and oxygen atoms in total. The molecule has 0 heterocycles. The average molecular weight is 313 g/mol. The zero-order valence-corrected chi connectivity index (χ0v) is 15.7. The summed E-state index contributed by atoms with van der Waals surface area (Å²) in [5.41, 5.74) is 0. The Hall–Kier alpha value is -0.660. The molecule has 0 aromatic rings. The van der Waals surface area contributed by atoms with Crippen molar-refractivity contribution < 1.29 is 9.59 Å². The maximum atomic E-state index is 10.5. The molecular weight excluding hydrogens is 272 g/mol. The van der Waals surface area contributed by atoms with Gasteiger partial charge in [-0.05, 0) is 26.7 Å². The van der Waals surface area contributed by atoms with E-state index in [9.17, 15) is 9.59 Å². The van der Waals surface area contributed by atoms with Crippen molar-refractivity contribution in [3.05, 3.63) is 0 Å². The van der Waals surface area contributed by atoms with Gasteiger partial charge in [0.05, 0.1) is 0 Å². The van der Waals surface area contributed by atoms with Gasteiger partial charge in [-0.3, -0.25) is 0 Å². The second kappa shape index (κ2) is 20.3. The lowest BCUT2D eigenvalue weighted by Crippen LogP contribution is -1.88. The molecule has 0 bridgehead atoms. The molecule has 0 aliphatic carbocycles. The Balaban J connectivity index is 0. The van der Waals surface area contributed by atoms with Crippen molar-refractivity contribution >= 4 is 11.6 Å². The zero-order valence-electron chi connectivity index (χ0n) is 15.7. The van der Waals surface area contributed by atoms with Gasteiger partial charge in [-0.1, -0.05) is 78.1 Å². The van der Waals surface area contributed by atoms with Gasteiger partial charge in [0.1, 0.15) is 11.6 Å². The van der Waals surface area contributed by atoms with Crippen molar-refractivity contribution in [1.82, 2.24) is 0 Å². The number of hydrogen-bond acceptors (Lipinski definition) is 2. The van der Waals surface area contributed by atoms with Crippen LogP contribution < -0.4 is 0 Å². The van der Waals surface area contributed by atoms with Crippen LogP contribution in [0.2, 0.25) is 0 Å². The number of ketones is 2. The minimum absolute atomic E-state index is 0.334. The first-order valence-corrected chi connectivity index (χ1v) is 9.53. The molecule has 0 N–H and O–H groups in total. The summed E-state index contributed by atoms with van der Waals surface area (Å²) in [4.78, 5) is 21.1. The van der Waals surface area contributed by atoms with Crippen LogP contribution in [0, 0.1) is 0 Å². The van der Waals surface area contributed by atoms with Gasteiger partial charge >= 0.3 is 0 Å². The first kappa shape index (κ1) is 23.6. The number of hydrogen-bond donors (Lipinski definition) is 0. The number of carbonyl (C=O) groups is 2. The summed E-state index contributed by atoms with van der Waals surface area (Å²) in [6, 6.07) is 0. The van der Waals surface area contributed by atoms with Crippen LogP contribution in [0.4, 0.5) is 0 Å². The van der Waals surface area contributed by atoms with Gasteiger partial charge in [0.2, 0.25) is 0 Å². The number of Topliss-reactive ketones (excluding diaryl/α,β-unsaturated/α-hetero) is 2. The monoisotopic (exact) mass is 312 g/mol. The molecule has 0 aromatic carbocycles. The molecule has 0 saturated carbocycles. The summed E-state index contributed by atoms with van der Waals surface area (Å²) in [5.74, 6) is 0.668. The summed E-state index contributed by atoms with van der Waals surface area (Å²) in [7, 11) is 0. The van der Waals surface area contributed by atoms with Crippen LogP contribution in [0.15, 0.2) is 0 Å². The van der Waals surface area contributed by atoms with Crippen LogP contribution in [-0.4, -0.2) is 11.6 Å². The van der Waals surface area contributed by atoms with E-state index in [-0.39, 0.29) is 0 Å². The van der Waals surface area contributed by atoms with Gasteiger partial charge in [-0.25, -0.2) is 0 Å². The third kappa shape index (κ3) is 27.6. The van der Waals surface area contributed by atoms with Crippen LogP contribution in [0.1, 0.15) is 118 Å². The van der Waals surface area contributed by atoms with E-state index < -0.39 is 0 Å². The number of carbonyl (C=O) groups excluding carboxylic acids is 2. The Labute approximate surface area is 139 Å². The van der Waals surface area contributed by atoms with Crippen LogP contribution >= 0.6 is 0 Å². The van der Waals surface area contributed by atoms with Gasteiger partial charge < -0.3 is 9.59 Å². The van der Waals surface area contributed by atoms with Crippen molar-refractivity contribution in [3.8, 4) is 0 Å². The maximum absolute atomic E-state index is 10.5. The van der Waals surface area contributed by atoms with Crippen LogP contribution in [0.3, 0.4) is 0 Å². The largest absolute Gasteiger partial charge is 0.300 e. The molecule has 0 saturated heterocycles. The Morgan fingerprint density at radius 1 is 0.500 bits per heavy atom. The highest BCUT2D eigenvalue weighted by atomic mass is 16.1. The fraction of sp³-hybridized carbons (Fsp3) is 0.900. The maximum Gasteiger partial charge on any atom is 0.129 e. The van der Waals surface area contributed by atoms with E-state index in [4.69, 9.17) is 0 Å². The summed E-state index contributed by atoms with van der Waals surface area (Å²) in [6.07, 6.45) is 16.8. The van der Waals surface area contributed by atoms with Gasteiger partial charge in [-0.2, -0.15) is 0 Å². The highest BCUT2D eigenvalue weighted by Crippen LogP contribution is 2.07. The molecule has 0 rings (SSSR count). The lowest BCUT2D eigenvalue weighted by Gasteiger charge is -1.97. The molecule has 0 unspecified atom stereocenters. The van der Waals surface area contributed by atoms with Crippen molar-refractivity contribution in [3.63, 3.8) is 0 Å². The first-order valence-electron chi connectivity index (χ1n) is 9.53. The van der Waals surface area contributed by atoms with E-state index in [1.54, 1.807) is 13.8 Å². The van der Waals surface area contributed by atoms with Crippen molar-refractivity contribution in [2.45, 2.75) is 118 Å². The molecule has 22 heavy (non-hydrogen) atoms. The van der Waals surface area contributed by atoms with E-state index in [0.717, 1.165) is 25.7 Å². The Bertz CT molecular complexity index is 220. The zero-order chi connectivity index (χ0) is 17.1. The molecule has 0 spiro atoms. The molecule has 0 aliphatic rings. The van der Waals surface area contributed by atoms with Gasteiger partial charge in [0, 0.05) is 12.8 Å². The molecule has 0 atom stereocenters. The average Bonchev–Trinajstić information content (AvgIpc) is 2.46. The van der Waals surface area contributed by atoms with Crippen LogP contribution in [0.5, 0.6) is 0 Å². The molecular formula is C20H40O2. The second-order valence-electron chi connectivity index (χ2n) is 6.44.